The van der Waals surface area contributed by atoms with Gasteiger partial charge in [0.15, 0.2) is 5.78 Å². The number of nitrogens with one attached hydrogen (secondary N) is 1. The van der Waals surface area contributed by atoms with Crippen LogP contribution >= 0.6 is 0 Å². The number of Topliss-reactive ketones (excluding diaryl/α,β-unsaturated/α-hetero) is 1. The summed E-state index contributed by atoms with van der Waals surface area (Å²) in [6.45, 7) is 10.6. The number of fused-ring (bicyclic) bond motifs is 1. The number of carbonyl (C=O) groups excluding carboxylic acids is 2. The molecule has 0 atom stereocenters. The van der Waals surface area contributed by atoms with E-state index in [2.05, 4.69) is 45.1 Å². The Bertz CT molecular complexity index is 860. The summed E-state index contributed by atoms with van der Waals surface area (Å²) in [5.41, 5.74) is 4.93. The van der Waals surface area contributed by atoms with Gasteiger partial charge in [-0.25, -0.2) is 0 Å². The van der Waals surface area contributed by atoms with E-state index in [0.717, 1.165) is 12.1 Å². The first-order valence-corrected chi connectivity index (χ1v) is 9.17. The second-order valence-electron chi connectivity index (χ2n) is 8.62. The topological polar surface area (TPSA) is 46.2 Å². The lowest BCUT2D eigenvalue weighted by Gasteiger charge is -2.42. The maximum Gasteiger partial charge on any atom is 0.255 e. The monoisotopic (exact) mass is 349 g/mol. The average Bonchev–Trinajstić information content (AvgIpc) is 2.59. The van der Waals surface area contributed by atoms with Gasteiger partial charge in [0.05, 0.1) is 0 Å². The molecule has 0 aromatic heterocycles. The maximum absolute atomic E-state index is 12.6. The van der Waals surface area contributed by atoms with Crippen molar-refractivity contribution >= 4 is 17.4 Å². The summed E-state index contributed by atoms with van der Waals surface area (Å²) in [4.78, 5) is 23.9. The molecule has 0 bridgehead atoms. The number of anilines is 1. The van der Waals surface area contributed by atoms with Crippen molar-refractivity contribution in [3.63, 3.8) is 0 Å². The molecule has 0 saturated carbocycles. The Morgan fingerprint density at radius 2 is 1.35 bits per heavy atom. The van der Waals surface area contributed by atoms with E-state index in [0.29, 0.717) is 11.1 Å². The predicted octanol–water partition coefficient (Wildman–Crippen LogP) is 5.49. The summed E-state index contributed by atoms with van der Waals surface area (Å²) in [6.07, 6.45) is 2.30. The number of hydrogen-bond acceptors (Lipinski definition) is 2. The second kappa shape index (κ2) is 6.39. The van der Waals surface area contributed by atoms with Gasteiger partial charge in [0.2, 0.25) is 0 Å². The minimum absolute atomic E-state index is 0.00325. The first-order chi connectivity index (χ1) is 12.1. The van der Waals surface area contributed by atoms with Gasteiger partial charge >= 0.3 is 0 Å². The third-order valence-electron chi connectivity index (χ3n) is 5.66. The van der Waals surface area contributed by atoms with Crippen LogP contribution in [0.5, 0.6) is 0 Å². The van der Waals surface area contributed by atoms with Crippen molar-refractivity contribution in [2.24, 2.45) is 0 Å². The highest BCUT2D eigenvalue weighted by Crippen LogP contribution is 2.46. The Morgan fingerprint density at radius 3 is 1.92 bits per heavy atom. The van der Waals surface area contributed by atoms with Crippen molar-refractivity contribution < 1.29 is 9.59 Å². The van der Waals surface area contributed by atoms with Crippen LogP contribution in [0.1, 0.15) is 79.3 Å². The zero-order chi connectivity index (χ0) is 19.1. The Kier molecular flexibility index (Phi) is 4.51. The molecule has 1 amide bonds. The van der Waals surface area contributed by atoms with Gasteiger partial charge in [-0.1, -0.05) is 45.9 Å². The molecule has 3 rings (SSSR count). The van der Waals surface area contributed by atoms with E-state index in [1.165, 1.54) is 24.5 Å². The molecule has 0 aliphatic heterocycles. The number of amides is 1. The molecule has 2 aromatic carbocycles. The third-order valence-corrected chi connectivity index (χ3v) is 5.66. The van der Waals surface area contributed by atoms with Crippen LogP contribution in [0.4, 0.5) is 5.69 Å². The first-order valence-electron chi connectivity index (χ1n) is 9.17. The van der Waals surface area contributed by atoms with Crippen molar-refractivity contribution in [1.82, 2.24) is 0 Å². The standard InChI is InChI=1S/C23H27NO2/c1-15(25)16-6-8-17(9-7-16)21(26)24-18-10-11-19-20(14-18)23(4,5)13-12-22(19,2)3/h6-11,14H,12-13H2,1-5H3,(H,24,26). The Balaban J connectivity index is 1.87. The highest BCUT2D eigenvalue weighted by atomic mass is 16.1. The summed E-state index contributed by atoms with van der Waals surface area (Å²) in [6, 6.07) is 13.0. The molecule has 26 heavy (non-hydrogen) atoms. The number of rotatable bonds is 3. The van der Waals surface area contributed by atoms with E-state index in [1.807, 2.05) is 6.07 Å². The number of carbonyl (C=O) groups is 2. The van der Waals surface area contributed by atoms with Gasteiger partial charge in [-0.3, -0.25) is 9.59 Å². The first kappa shape index (κ1) is 18.4. The molecule has 0 spiro atoms. The maximum atomic E-state index is 12.6. The molecule has 1 aliphatic carbocycles. The van der Waals surface area contributed by atoms with Crippen LogP contribution in [0, 0.1) is 0 Å². The molecule has 3 nitrogen and oxygen atoms in total. The van der Waals surface area contributed by atoms with Crippen LogP contribution in [0.25, 0.3) is 0 Å². The van der Waals surface area contributed by atoms with Crippen molar-refractivity contribution in [3.8, 4) is 0 Å². The largest absolute Gasteiger partial charge is 0.322 e. The number of ketones is 1. The highest BCUT2D eigenvalue weighted by molar-refractivity contribution is 6.05. The average molecular weight is 349 g/mol. The molecule has 0 fully saturated rings. The smallest absolute Gasteiger partial charge is 0.255 e. The fourth-order valence-corrected chi connectivity index (χ4v) is 3.73. The molecular weight excluding hydrogens is 322 g/mol. The van der Waals surface area contributed by atoms with Crippen molar-refractivity contribution in [2.45, 2.75) is 58.3 Å². The van der Waals surface area contributed by atoms with Gasteiger partial charge in [-0.05, 0) is 66.0 Å². The van der Waals surface area contributed by atoms with Crippen LogP contribution < -0.4 is 5.32 Å². The summed E-state index contributed by atoms with van der Waals surface area (Å²) in [5.74, 6) is -0.163. The molecule has 1 N–H and O–H groups in total. The molecular formula is C23H27NO2. The lowest BCUT2D eigenvalue weighted by Crippen LogP contribution is -2.33. The number of hydrogen-bond donors (Lipinski definition) is 1. The zero-order valence-corrected chi connectivity index (χ0v) is 16.3. The minimum Gasteiger partial charge on any atom is -0.322 e. The van der Waals surface area contributed by atoms with Gasteiger partial charge in [0.25, 0.3) is 5.91 Å². The zero-order valence-electron chi connectivity index (χ0n) is 16.3. The van der Waals surface area contributed by atoms with Gasteiger partial charge in [0, 0.05) is 16.8 Å². The van der Waals surface area contributed by atoms with Crippen LogP contribution in [-0.2, 0) is 10.8 Å². The fraction of sp³-hybridized carbons (Fsp3) is 0.391. The summed E-state index contributed by atoms with van der Waals surface area (Å²) >= 11 is 0. The van der Waals surface area contributed by atoms with Crippen molar-refractivity contribution in [1.29, 1.82) is 0 Å². The van der Waals surface area contributed by atoms with Gasteiger partial charge in [-0.15, -0.1) is 0 Å². The highest BCUT2D eigenvalue weighted by Gasteiger charge is 2.37. The lowest BCUT2D eigenvalue weighted by atomic mass is 9.63. The Hall–Kier alpha value is -2.42. The quantitative estimate of drug-likeness (QED) is 0.745. The molecule has 3 heteroatoms. The normalized spacial score (nSPS) is 17.3. The van der Waals surface area contributed by atoms with Crippen LogP contribution in [0.3, 0.4) is 0 Å². The summed E-state index contributed by atoms with van der Waals surface area (Å²) in [5, 5.41) is 3.00. The minimum atomic E-state index is -0.159. The summed E-state index contributed by atoms with van der Waals surface area (Å²) in [7, 11) is 0. The van der Waals surface area contributed by atoms with E-state index in [4.69, 9.17) is 0 Å². The van der Waals surface area contributed by atoms with E-state index in [-0.39, 0.29) is 22.5 Å². The van der Waals surface area contributed by atoms with Crippen molar-refractivity contribution in [3.05, 3.63) is 64.7 Å². The SMILES string of the molecule is CC(=O)c1ccc(C(=O)Nc2ccc3c(c2)C(C)(C)CCC3(C)C)cc1. The fourth-order valence-electron chi connectivity index (χ4n) is 3.73. The van der Waals surface area contributed by atoms with Crippen LogP contribution in [0.2, 0.25) is 0 Å². The molecule has 136 valence electrons. The van der Waals surface area contributed by atoms with E-state index in [9.17, 15) is 9.59 Å². The summed E-state index contributed by atoms with van der Waals surface area (Å²) < 4.78 is 0. The van der Waals surface area contributed by atoms with Crippen LogP contribution in [0.15, 0.2) is 42.5 Å². The lowest BCUT2D eigenvalue weighted by molar-refractivity contribution is 0.100. The van der Waals surface area contributed by atoms with Crippen LogP contribution in [-0.4, -0.2) is 11.7 Å². The van der Waals surface area contributed by atoms with Gasteiger partial charge < -0.3 is 5.32 Å². The molecule has 0 radical (unpaired) electrons. The van der Waals surface area contributed by atoms with E-state index < -0.39 is 0 Å². The van der Waals surface area contributed by atoms with E-state index >= 15 is 0 Å². The Labute approximate surface area is 155 Å². The molecule has 0 heterocycles. The van der Waals surface area contributed by atoms with Crippen molar-refractivity contribution in [2.75, 3.05) is 5.32 Å². The molecule has 0 saturated heterocycles. The predicted molar refractivity (Wildman–Crippen MR) is 106 cm³/mol. The second-order valence-corrected chi connectivity index (χ2v) is 8.62. The molecule has 1 aliphatic rings. The van der Waals surface area contributed by atoms with Gasteiger partial charge in [0.1, 0.15) is 0 Å². The molecule has 0 unspecified atom stereocenters. The Morgan fingerprint density at radius 1 is 0.808 bits per heavy atom. The van der Waals surface area contributed by atoms with E-state index in [1.54, 1.807) is 24.3 Å². The number of benzene rings is 2. The van der Waals surface area contributed by atoms with Gasteiger partial charge in [-0.2, -0.15) is 0 Å². The molecule has 2 aromatic rings. The third kappa shape index (κ3) is 3.44.